The first-order valence-corrected chi connectivity index (χ1v) is 6.54. The van der Waals surface area contributed by atoms with E-state index in [1.807, 2.05) is 13.0 Å². The summed E-state index contributed by atoms with van der Waals surface area (Å²) in [5.74, 6) is -0.257. The van der Waals surface area contributed by atoms with E-state index in [0.29, 0.717) is 4.47 Å². The Morgan fingerprint density at radius 3 is 2.50 bits per heavy atom. The Morgan fingerprint density at radius 2 is 2.00 bits per heavy atom. The fourth-order valence-corrected chi connectivity index (χ4v) is 1.74. The molecule has 0 fully saturated rings. The van der Waals surface area contributed by atoms with Crippen LogP contribution in [0.4, 0.5) is 4.39 Å². The molecule has 0 amide bonds. The summed E-state index contributed by atoms with van der Waals surface area (Å²) >= 11 is 4.63. The minimum atomic E-state index is -0.257. The van der Waals surface area contributed by atoms with E-state index in [4.69, 9.17) is 0 Å². The highest BCUT2D eigenvalue weighted by molar-refractivity contribution is 9.10. The molecule has 1 nitrogen and oxygen atoms in total. The molecule has 0 aliphatic rings. The first kappa shape index (κ1) is 13.7. The Balaban J connectivity index is 2.88. The zero-order chi connectivity index (χ0) is 12.3. The van der Waals surface area contributed by atoms with E-state index >= 15 is 0 Å². The largest absolute Gasteiger partial charge is 0.220 e. The van der Waals surface area contributed by atoms with Crippen molar-refractivity contribution in [3.8, 4) is 0 Å². The van der Waals surface area contributed by atoms with Gasteiger partial charge in [-0.3, -0.25) is 0 Å². The monoisotopic (exact) mass is 303 g/mol. The van der Waals surface area contributed by atoms with Crippen molar-refractivity contribution in [2.24, 2.45) is 4.40 Å². The molecule has 0 spiro atoms. The summed E-state index contributed by atoms with van der Waals surface area (Å²) in [6.45, 7) is 8.17. The van der Waals surface area contributed by atoms with E-state index in [-0.39, 0.29) is 10.6 Å². The van der Waals surface area contributed by atoms with Crippen molar-refractivity contribution in [1.29, 1.82) is 0 Å². The molecule has 1 aromatic carbocycles. The minimum Gasteiger partial charge on any atom is -0.220 e. The molecule has 1 rings (SSSR count). The third kappa shape index (κ3) is 4.26. The molecule has 0 saturated heterocycles. The molecule has 4 heteroatoms. The Morgan fingerprint density at radius 1 is 1.38 bits per heavy atom. The van der Waals surface area contributed by atoms with E-state index in [1.165, 1.54) is 18.0 Å². The number of hydrogen-bond donors (Lipinski definition) is 0. The van der Waals surface area contributed by atoms with Gasteiger partial charge in [0, 0.05) is 4.75 Å². The zero-order valence-electron chi connectivity index (χ0n) is 9.84. The summed E-state index contributed by atoms with van der Waals surface area (Å²) in [4.78, 5) is 0. The molecule has 0 aliphatic carbocycles. The number of hydrogen-bond acceptors (Lipinski definition) is 2. The lowest BCUT2D eigenvalue weighted by atomic mass is 10.1. The van der Waals surface area contributed by atoms with Crippen molar-refractivity contribution in [3.05, 3.63) is 34.1 Å². The molecule has 1 aromatic rings. The van der Waals surface area contributed by atoms with Gasteiger partial charge in [-0.25, -0.2) is 8.79 Å². The summed E-state index contributed by atoms with van der Waals surface area (Å²) in [5.41, 5.74) is 1.66. The van der Waals surface area contributed by atoms with Crippen LogP contribution in [0.5, 0.6) is 0 Å². The van der Waals surface area contributed by atoms with Crippen LogP contribution in [0.15, 0.2) is 27.1 Å². The second-order valence-electron chi connectivity index (χ2n) is 4.51. The van der Waals surface area contributed by atoms with Crippen LogP contribution in [0, 0.1) is 5.82 Å². The number of nitrogens with zero attached hydrogens (tertiary/aromatic N) is 1. The van der Waals surface area contributed by atoms with Gasteiger partial charge in [-0.1, -0.05) is 6.07 Å². The van der Waals surface area contributed by atoms with Crippen molar-refractivity contribution in [2.45, 2.75) is 32.4 Å². The van der Waals surface area contributed by atoms with Gasteiger partial charge in [0.15, 0.2) is 0 Å². The lowest BCUT2D eigenvalue weighted by molar-refractivity contribution is 0.621. The van der Waals surface area contributed by atoms with Crippen LogP contribution in [-0.2, 0) is 0 Å². The van der Waals surface area contributed by atoms with Gasteiger partial charge in [-0.2, -0.15) is 0 Å². The molecule has 0 radical (unpaired) electrons. The fourth-order valence-electron chi connectivity index (χ4n) is 0.979. The first-order valence-electron chi connectivity index (χ1n) is 4.98. The average Bonchev–Trinajstić information content (AvgIpc) is 2.17. The second-order valence-corrected chi connectivity index (χ2v) is 6.95. The highest BCUT2D eigenvalue weighted by Gasteiger charge is 2.11. The minimum absolute atomic E-state index is 0.0785. The summed E-state index contributed by atoms with van der Waals surface area (Å²) in [6, 6.07) is 5.05. The van der Waals surface area contributed by atoms with Crippen molar-refractivity contribution in [2.75, 3.05) is 0 Å². The van der Waals surface area contributed by atoms with Gasteiger partial charge < -0.3 is 0 Å². The molecule has 0 aromatic heterocycles. The van der Waals surface area contributed by atoms with Crippen LogP contribution in [0.25, 0.3) is 0 Å². The van der Waals surface area contributed by atoms with Crippen molar-refractivity contribution >= 4 is 33.6 Å². The van der Waals surface area contributed by atoms with Crippen LogP contribution < -0.4 is 0 Å². The lowest BCUT2D eigenvalue weighted by Crippen LogP contribution is -2.06. The fraction of sp³-hybridized carbons (Fsp3) is 0.417. The van der Waals surface area contributed by atoms with Gasteiger partial charge in [-0.15, -0.1) is 0 Å². The average molecular weight is 304 g/mol. The molecule has 88 valence electrons. The predicted octanol–water partition coefficient (Wildman–Crippen LogP) is 4.84. The van der Waals surface area contributed by atoms with Gasteiger partial charge >= 0.3 is 0 Å². The first-order chi connectivity index (χ1) is 7.29. The molecule has 16 heavy (non-hydrogen) atoms. The molecule has 0 atom stereocenters. The summed E-state index contributed by atoms with van der Waals surface area (Å²) < 4.78 is 18.3. The number of benzene rings is 1. The Bertz CT molecular complexity index is 410. The van der Waals surface area contributed by atoms with Crippen molar-refractivity contribution in [3.63, 3.8) is 0 Å². The molecule has 0 saturated carbocycles. The van der Waals surface area contributed by atoms with Gasteiger partial charge in [0.2, 0.25) is 0 Å². The Kier molecular flexibility index (Phi) is 4.56. The Labute approximate surface area is 109 Å². The van der Waals surface area contributed by atoms with Crippen molar-refractivity contribution in [1.82, 2.24) is 0 Å². The van der Waals surface area contributed by atoms with Crippen LogP contribution in [0.2, 0.25) is 0 Å². The van der Waals surface area contributed by atoms with E-state index in [1.54, 1.807) is 6.07 Å². The molecule has 0 bridgehead atoms. The van der Waals surface area contributed by atoms with Crippen LogP contribution in [-0.4, -0.2) is 10.5 Å². The molecular formula is C12H15BrFNS. The lowest BCUT2D eigenvalue weighted by Gasteiger charge is -2.13. The quantitative estimate of drug-likeness (QED) is 0.562. The standard InChI is InChI=1S/C12H15BrFNS/c1-8(15-16-12(2,3)4)9-5-6-10(13)11(14)7-9/h5-7H,1-4H3/b15-8+. The van der Waals surface area contributed by atoms with Gasteiger partial charge in [0.25, 0.3) is 0 Å². The number of halogens is 2. The molecule has 0 N–H and O–H groups in total. The smallest absolute Gasteiger partial charge is 0.138 e. The van der Waals surface area contributed by atoms with E-state index in [0.717, 1.165) is 11.3 Å². The molecule has 0 heterocycles. The maximum atomic E-state index is 13.3. The van der Waals surface area contributed by atoms with Crippen LogP contribution in [0.3, 0.4) is 0 Å². The predicted molar refractivity (Wildman–Crippen MR) is 73.7 cm³/mol. The van der Waals surface area contributed by atoms with E-state index < -0.39 is 0 Å². The Hall–Kier alpha value is -0.350. The maximum absolute atomic E-state index is 13.3. The van der Waals surface area contributed by atoms with Gasteiger partial charge in [-0.05, 0) is 73.3 Å². The third-order valence-corrected chi connectivity index (χ3v) is 3.35. The number of rotatable bonds is 2. The van der Waals surface area contributed by atoms with Crippen LogP contribution >= 0.6 is 27.9 Å². The normalized spacial score (nSPS) is 13.0. The SMILES string of the molecule is C/C(=N\SC(C)(C)C)c1ccc(Br)c(F)c1. The second kappa shape index (κ2) is 5.32. The molecular weight excluding hydrogens is 289 g/mol. The zero-order valence-corrected chi connectivity index (χ0v) is 12.2. The highest BCUT2D eigenvalue weighted by atomic mass is 79.9. The van der Waals surface area contributed by atoms with E-state index in [2.05, 4.69) is 41.1 Å². The molecule has 0 unspecified atom stereocenters. The van der Waals surface area contributed by atoms with Gasteiger partial charge in [0.1, 0.15) is 5.82 Å². The summed E-state index contributed by atoms with van der Waals surface area (Å²) in [7, 11) is 0. The van der Waals surface area contributed by atoms with Gasteiger partial charge in [0.05, 0.1) is 10.2 Å². The highest BCUT2D eigenvalue weighted by Crippen LogP contribution is 2.25. The van der Waals surface area contributed by atoms with E-state index in [9.17, 15) is 4.39 Å². The maximum Gasteiger partial charge on any atom is 0.138 e. The topological polar surface area (TPSA) is 12.4 Å². The summed E-state index contributed by atoms with van der Waals surface area (Å²) in [6.07, 6.45) is 0. The third-order valence-electron chi connectivity index (χ3n) is 1.79. The summed E-state index contributed by atoms with van der Waals surface area (Å²) in [5, 5.41) is 0. The molecule has 0 aliphatic heterocycles. The van der Waals surface area contributed by atoms with Crippen molar-refractivity contribution < 1.29 is 4.39 Å². The van der Waals surface area contributed by atoms with Crippen LogP contribution in [0.1, 0.15) is 33.3 Å².